The molecule has 0 heterocycles. The largest absolute Gasteiger partial charge is 0.399 e. The summed E-state index contributed by atoms with van der Waals surface area (Å²) >= 11 is 6.19. The van der Waals surface area contributed by atoms with Crippen LogP contribution in [0.5, 0.6) is 0 Å². The zero-order valence-electron chi connectivity index (χ0n) is 9.04. The van der Waals surface area contributed by atoms with Gasteiger partial charge in [-0.15, -0.1) is 0 Å². The molecule has 0 saturated heterocycles. The monoisotopic (exact) mass is 224 g/mol. The summed E-state index contributed by atoms with van der Waals surface area (Å²) in [6.45, 7) is 4.29. The molecule has 0 atom stereocenters. The van der Waals surface area contributed by atoms with Crippen LogP contribution in [0.2, 0.25) is 5.02 Å². The standard InChI is InChI=1S/C12H17ClN2/c1-2-15(8-9-3-4-9)12-6-5-10(14)7-11(12)13/h5-7,9H,2-4,8,14H2,1H3. The maximum atomic E-state index is 6.19. The van der Waals surface area contributed by atoms with E-state index in [1.54, 1.807) is 0 Å². The van der Waals surface area contributed by atoms with Gasteiger partial charge in [-0.1, -0.05) is 11.6 Å². The summed E-state index contributed by atoms with van der Waals surface area (Å²) in [4.78, 5) is 2.33. The highest BCUT2D eigenvalue weighted by molar-refractivity contribution is 6.33. The van der Waals surface area contributed by atoms with E-state index in [-0.39, 0.29) is 0 Å². The predicted molar refractivity (Wildman–Crippen MR) is 66.5 cm³/mol. The molecular formula is C12H17ClN2. The summed E-state index contributed by atoms with van der Waals surface area (Å²) in [6.07, 6.45) is 2.73. The van der Waals surface area contributed by atoms with E-state index >= 15 is 0 Å². The average molecular weight is 225 g/mol. The lowest BCUT2D eigenvalue weighted by atomic mass is 10.2. The second-order valence-corrected chi connectivity index (χ2v) is 4.60. The van der Waals surface area contributed by atoms with Crippen LogP contribution in [-0.2, 0) is 0 Å². The lowest BCUT2D eigenvalue weighted by Gasteiger charge is -2.24. The molecule has 2 rings (SSSR count). The van der Waals surface area contributed by atoms with E-state index in [0.29, 0.717) is 0 Å². The Hall–Kier alpha value is -0.890. The number of nitrogen functional groups attached to an aromatic ring is 1. The Kier molecular flexibility index (Phi) is 3.06. The van der Waals surface area contributed by atoms with Crippen LogP contribution in [0.4, 0.5) is 11.4 Å². The summed E-state index contributed by atoms with van der Waals surface area (Å²) in [6, 6.07) is 5.76. The first kappa shape index (κ1) is 10.6. The van der Waals surface area contributed by atoms with E-state index in [1.807, 2.05) is 18.2 Å². The van der Waals surface area contributed by atoms with Crippen molar-refractivity contribution >= 4 is 23.0 Å². The topological polar surface area (TPSA) is 29.3 Å². The quantitative estimate of drug-likeness (QED) is 0.797. The Bertz CT molecular complexity index is 347. The highest BCUT2D eigenvalue weighted by Crippen LogP contribution is 2.34. The second-order valence-electron chi connectivity index (χ2n) is 4.19. The summed E-state index contributed by atoms with van der Waals surface area (Å²) in [5.74, 6) is 0.874. The molecule has 3 heteroatoms. The Morgan fingerprint density at radius 2 is 2.20 bits per heavy atom. The van der Waals surface area contributed by atoms with Crippen LogP contribution in [0.25, 0.3) is 0 Å². The van der Waals surface area contributed by atoms with Crippen LogP contribution in [0.1, 0.15) is 19.8 Å². The number of benzene rings is 1. The summed E-state index contributed by atoms with van der Waals surface area (Å²) in [7, 11) is 0. The molecule has 1 fully saturated rings. The molecule has 0 aliphatic heterocycles. The van der Waals surface area contributed by atoms with E-state index < -0.39 is 0 Å². The molecule has 0 spiro atoms. The number of nitrogens with zero attached hydrogens (tertiary/aromatic N) is 1. The molecule has 1 aliphatic rings. The molecule has 0 aromatic heterocycles. The molecule has 15 heavy (non-hydrogen) atoms. The Balaban J connectivity index is 2.16. The number of nitrogens with two attached hydrogens (primary N) is 1. The van der Waals surface area contributed by atoms with Gasteiger partial charge in [-0.2, -0.15) is 0 Å². The minimum absolute atomic E-state index is 0.728. The van der Waals surface area contributed by atoms with E-state index in [9.17, 15) is 0 Å². The normalized spacial score (nSPS) is 15.3. The van der Waals surface area contributed by atoms with Crippen molar-refractivity contribution in [3.63, 3.8) is 0 Å². The van der Waals surface area contributed by atoms with E-state index in [2.05, 4.69) is 11.8 Å². The molecule has 0 radical (unpaired) electrons. The molecular weight excluding hydrogens is 208 g/mol. The van der Waals surface area contributed by atoms with Gasteiger partial charge in [0.15, 0.2) is 0 Å². The fourth-order valence-electron chi connectivity index (χ4n) is 1.79. The summed E-state index contributed by atoms with van der Waals surface area (Å²) < 4.78 is 0. The lowest BCUT2D eigenvalue weighted by Crippen LogP contribution is -2.25. The molecule has 1 aromatic rings. The first-order valence-corrected chi connectivity index (χ1v) is 5.88. The zero-order valence-corrected chi connectivity index (χ0v) is 9.80. The lowest BCUT2D eigenvalue weighted by molar-refractivity contribution is 0.742. The van der Waals surface area contributed by atoms with E-state index in [0.717, 1.165) is 35.4 Å². The van der Waals surface area contributed by atoms with Crippen molar-refractivity contribution in [1.82, 2.24) is 0 Å². The molecule has 82 valence electrons. The molecule has 0 unspecified atom stereocenters. The Morgan fingerprint density at radius 3 is 2.73 bits per heavy atom. The van der Waals surface area contributed by atoms with Gasteiger partial charge in [0.2, 0.25) is 0 Å². The molecule has 0 bridgehead atoms. The van der Waals surface area contributed by atoms with Crippen LogP contribution in [0.15, 0.2) is 18.2 Å². The summed E-state index contributed by atoms with van der Waals surface area (Å²) in [5.41, 5.74) is 7.52. The molecule has 1 aromatic carbocycles. The van der Waals surface area contributed by atoms with Gasteiger partial charge in [0.25, 0.3) is 0 Å². The molecule has 2 N–H and O–H groups in total. The smallest absolute Gasteiger partial charge is 0.0660 e. The first-order chi connectivity index (χ1) is 7.20. The SMILES string of the molecule is CCN(CC1CC1)c1ccc(N)cc1Cl. The van der Waals surface area contributed by atoms with Crippen LogP contribution in [-0.4, -0.2) is 13.1 Å². The Labute approximate surface area is 96.0 Å². The summed E-state index contributed by atoms with van der Waals surface area (Å²) in [5, 5.41) is 0.762. The number of rotatable bonds is 4. The van der Waals surface area contributed by atoms with E-state index in [4.69, 9.17) is 17.3 Å². The number of hydrogen-bond acceptors (Lipinski definition) is 2. The van der Waals surface area contributed by atoms with Crippen molar-refractivity contribution in [1.29, 1.82) is 0 Å². The fraction of sp³-hybridized carbons (Fsp3) is 0.500. The third-order valence-electron chi connectivity index (χ3n) is 2.87. The number of anilines is 2. The molecule has 0 amide bonds. The van der Waals surface area contributed by atoms with Gasteiger partial charge < -0.3 is 10.6 Å². The third kappa shape index (κ3) is 2.57. The highest BCUT2D eigenvalue weighted by Gasteiger charge is 2.24. The second kappa shape index (κ2) is 4.31. The minimum atomic E-state index is 0.728. The molecule has 1 saturated carbocycles. The van der Waals surface area contributed by atoms with Gasteiger partial charge in [-0.05, 0) is 43.9 Å². The highest BCUT2D eigenvalue weighted by atomic mass is 35.5. The zero-order chi connectivity index (χ0) is 10.8. The first-order valence-electron chi connectivity index (χ1n) is 5.50. The third-order valence-corrected chi connectivity index (χ3v) is 3.17. The molecule has 2 nitrogen and oxygen atoms in total. The van der Waals surface area contributed by atoms with Crippen LogP contribution >= 0.6 is 11.6 Å². The molecule has 1 aliphatic carbocycles. The van der Waals surface area contributed by atoms with Gasteiger partial charge in [0, 0.05) is 18.8 Å². The van der Waals surface area contributed by atoms with E-state index in [1.165, 1.54) is 12.8 Å². The number of hydrogen-bond donors (Lipinski definition) is 1. The van der Waals surface area contributed by atoms with Gasteiger partial charge in [-0.3, -0.25) is 0 Å². The Morgan fingerprint density at radius 1 is 1.47 bits per heavy atom. The van der Waals surface area contributed by atoms with Gasteiger partial charge >= 0.3 is 0 Å². The van der Waals surface area contributed by atoms with Gasteiger partial charge in [-0.25, -0.2) is 0 Å². The van der Waals surface area contributed by atoms with Crippen LogP contribution in [0, 0.1) is 5.92 Å². The van der Waals surface area contributed by atoms with Crippen molar-refractivity contribution in [3.8, 4) is 0 Å². The van der Waals surface area contributed by atoms with Crippen molar-refractivity contribution in [3.05, 3.63) is 23.2 Å². The fourth-order valence-corrected chi connectivity index (χ4v) is 2.10. The van der Waals surface area contributed by atoms with Crippen molar-refractivity contribution in [2.75, 3.05) is 23.7 Å². The maximum absolute atomic E-state index is 6.19. The van der Waals surface area contributed by atoms with Crippen molar-refractivity contribution < 1.29 is 0 Å². The average Bonchev–Trinajstić information content (AvgIpc) is 2.99. The van der Waals surface area contributed by atoms with Crippen molar-refractivity contribution in [2.24, 2.45) is 5.92 Å². The van der Waals surface area contributed by atoms with Gasteiger partial charge in [0.1, 0.15) is 0 Å². The number of halogens is 1. The van der Waals surface area contributed by atoms with Crippen molar-refractivity contribution in [2.45, 2.75) is 19.8 Å². The van der Waals surface area contributed by atoms with Crippen LogP contribution < -0.4 is 10.6 Å². The minimum Gasteiger partial charge on any atom is -0.399 e. The van der Waals surface area contributed by atoms with Crippen LogP contribution in [0.3, 0.4) is 0 Å². The predicted octanol–water partition coefficient (Wildman–Crippen LogP) is 3.16. The van der Waals surface area contributed by atoms with Gasteiger partial charge in [0.05, 0.1) is 10.7 Å². The maximum Gasteiger partial charge on any atom is 0.0660 e.